The molecule has 64 valence electrons. The molecule has 0 amide bonds. The van der Waals surface area contributed by atoms with Crippen molar-refractivity contribution in [2.24, 2.45) is 0 Å². The van der Waals surface area contributed by atoms with Crippen molar-refractivity contribution >= 4 is 0 Å². The summed E-state index contributed by atoms with van der Waals surface area (Å²) in [5.74, 6) is 0. The number of ether oxygens (including phenoxy) is 1. The molecule has 0 saturated carbocycles. The first-order valence-corrected chi connectivity index (χ1v) is 3.88. The van der Waals surface area contributed by atoms with E-state index in [1.54, 1.807) is 18.6 Å². The molecule has 0 aliphatic carbocycles. The molecule has 2 rings (SSSR count). The summed E-state index contributed by atoms with van der Waals surface area (Å²) in [6.07, 6.45) is 5.34. The Balaban J connectivity index is 2.29. The van der Waals surface area contributed by atoms with Crippen LogP contribution in [0, 0.1) is 0 Å². The fraction of sp³-hybridized carbons (Fsp3) is 0.500. The van der Waals surface area contributed by atoms with Crippen molar-refractivity contribution in [3.8, 4) is 0 Å². The first-order valence-electron chi connectivity index (χ1n) is 3.88. The molecule has 0 spiro atoms. The normalized spacial score (nSPS) is 29.1. The number of aromatic nitrogens is 2. The van der Waals surface area contributed by atoms with E-state index >= 15 is 0 Å². The fourth-order valence-corrected chi connectivity index (χ4v) is 1.30. The van der Waals surface area contributed by atoms with E-state index in [9.17, 15) is 5.11 Å². The lowest BCUT2D eigenvalue weighted by Gasteiger charge is -2.18. The van der Waals surface area contributed by atoms with Gasteiger partial charge in [0.05, 0.1) is 18.5 Å². The Bertz CT molecular complexity index is 257. The quantitative estimate of drug-likeness (QED) is 0.642. The molecule has 1 aliphatic rings. The Kier molecular flexibility index (Phi) is 1.78. The zero-order valence-electron chi connectivity index (χ0n) is 6.60. The highest BCUT2D eigenvalue weighted by Crippen LogP contribution is 2.27. The Morgan fingerprint density at radius 3 is 3.00 bits per heavy atom. The predicted molar refractivity (Wildman–Crippen MR) is 41.4 cm³/mol. The van der Waals surface area contributed by atoms with Crippen LogP contribution in [0.4, 0.5) is 0 Å². The highest BCUT2D eigenvalue weighted by molar-refractivity contribution is 5.09. The monoisotopic (exact) mass is 166 g/mol. The molecule has 12 heavy (non-hydrogen) atoms. The second-order valence-electron chi connectivity index (χ2n) is 2.92. The molecule has 0 aromatic carbocycles. The molecule has 1 fully saturated rings. The van der Waals surface area contributed by atoms with Crippen LogP contribution in [-0.4, -0.2) is 28.3 Å². The van der Waals surface area contributed by atoms with Gasteiger partial charge < -0.3 is 9.84 Å². The van der Waals surface area contributed by atoms with Crippen molar-refractivity contribution in [3.63, 3.8) is 0 Å². The average Bonchev–Trinajstić information content (AvgIpc) is 2.55. The maximum Gasteiger partial charge on any atom is 0.133 e. The molecule has 1 atom stereocenters. The lowest BCUT2D eigenvalue weighted by Crippen LogP contribution is -2.26. The van der Waals surface area contributed by atoms with Gasteiger partial charge in [-0.2, -0.15) is 0 Å². The summed E-state index contributed by atoms with van der Waals surface area (Å²) < 4.78 is 5.10. The average molecular weight is 166 g/mol. The Morgan fingerprint density at radius 1 is 1.50 bits per heavy atom. The molecular weight excluding hydrogens is 156 g/mol. The molecule has 4 heteroatoms. The highest BCUT2D eigenvalue weighted by atomic mass is 16.5. The SMILES string of the molecule is OC1(c2cnccn2)CCOC1. The van der Waals surface area contributed by atoms with Crippen LogP contribution in [0.5, 0.6) is 0 Å². The standard InChI is InChI=1S/C8H10N2O2/c11-8(1-4-12-6-8)7-5-9-2-3-10-7/h2-3,5,11H,1,4,6H2. The minimum Gasteiger partial charge on any atom is -0.381 e. The van der Waals surface area contributed by atoms with Crippen LogP contribution in [0.15, 0.2) is 18.6 Å². The van der Waals surface area contributed by atoms with E-state index in [-0.39, 0.29) is 0 Å². The molecule has 2 heterocycles. The second kappa shape index (κ2) is 2.80. The summed E-state index contributed by atoms with van der Waals surface area (Å²) in [6, 6.07) is 0. The third-order valence-corrected chi connectivity index (χ3v) is 2.04. The van der Waals surface area contributed by atoms with E-state index in [1.807, 2.05) is 0 Å². The minimum atomic E-state index is -0.908. The van der Waals surface area contributed by atoms with Crippen LogP contribution in [0.1, 0.15) is 12.1 Å². The largest absolute Gasteiger partial charge is 0.381 e. The number of hydrogen-bond donors (Lipinski definition) is 1. The summed E-state index contributed by atoms with van der Waals surface area (Å²) in [5.41, 5.74) is -0.309. The van der Waals surface area contributed by atoms with Crippen LogP contribution in [0.25, 0.3) is 0 Å². The molecular formula is C8H10N2O2. The van der Waals surface area contributed by atoms with Crippen molar-refractivity contribution in [2.75, 3.05) is 13.2 Å². The van der Waals surface area contributed by atoms with Gasteiger partial charge in [-0.25, -0.2) is 0 Å². The van der Waals surface area contributed by atoms with Crippen LogP contribution < -0.4 is 0 Å². The maximum atomic E-state index is 9.94. The van der Waals surface area contributed by atoms with E-state index in [4.69, 9.17) is 4.74 Å². The first-order chi connectivity index (χ1) is 5.81. The Morgan fingerprint density at radius 2 is 2.42 bits per heavy atom. The summed E-state index contributed by atoms with van der Waals surface area (Å²) >= 11 is 0. The topological polar surface area (TPSA) is 55.2 Å². The molecule has 1 unspecified atom stereocenters. The number of nitrogens with zero attached hydrogens (tertiary/aromatic N) is 2. The number of aliphatic hydroxyl groups is 1. The summed E-state index contributed by atoms with van der Waals surface area (Å²) in [7, 11) is 0. The minimum absolute atomic E-state index is 0.325. The summed E-state index contributed by atoms with van der Waals surface area (Å²) in [6.45, 7) is 0.915. The zero-order chi connectivity index (χ0) is 8.44. The molecule has 4 nitrogen and oxygen atoms in total. The smallest absolute Gasteiger partial charge is 0.133 e. The van der Waals surface area contributed by atoms with Gasteiger partial charge in [-0.15, -0.1) is 0 Å². The Hall–Kier alpha value is -1.00. The molecule has 0 radical (unpaired) electrons. The van der Waals surface area contributed by atoms with Crippen molar-refractivity contribution in [1.82, 2.24) is 9.97 Å². The number of hydrogen-bond acceptors (Lipinski definition) is 4. The first kappa shape index (κ1) is 7.64. The predicted octanol–water partition coefficient (Wildman–Crippen LogP) is 0.0845. The molecule has 0 bridgehead atoms. The molecule has 1 aromatic rings. The van der Waals surface area contributed by atoms with Gasteiger partial charge in [0, 0.05) is 25.4 Å². The van der Waals surface area contributed by atoms with Gasteiger partial charge in [-0.05, 0) is 0 Å². The van der Waals surface area contributed by atoms with Gasteiger partial charge in [-0.1, -0.05) is 0 Å². The van der Waals surface area contributed by atoms with Crippen LogP contribution in [-0.2, 0) is 10.3 Å². The Labute approximate surface area is 70.2 Å². The summed E-state index contributed by atoms with van der Waals surface area (Å²) in [4.78, 5) is 7.94. The van der Waals surface area contributed by atoms with E-state index in [1.165, 1.54) is 0 Å². The van der Waals surface area contributed by atoms with E-state index in [2.05, 4.69) is 9.97 Å². The van der Waals surface area contributed by atoms with Gasteiger partial charge in [-0.3, -0.25) is 9.97 Å². The van der Waals surface area contributed by atoms with E-state index in [0.29, 0.717) is 25.3 Å². The third kappa shape index (κ3) is 1.19. The maximum absolute atomic E-state index is 9.94. The third-order valence-electron chi connectivity index (χ3n) is 2.04. The lowest BCUT2D eigenvalue weighted by atomic mass is 10.00. The van der Waals surface area contributed by atoms with E-state index < -0.39 is 5.60 Å². The van der Waals surface area contributed by atoms with Crippen molar-refractivity contribution in [1.29, 1.82) is 0 Å². The van der Waals surface area contributed by atoms with Gasteiger partial charge in [0.15, 0.2) is 0 Å². The molecule has 1 aromatic heterocycles. The van der Waals surface area contributed by atoms with Crippen molar-refractivity contribution < 1.29 is 9.84 Å². The second-order valence-corrected chi connectivity index (χ2v) is 2.92. The fourth-order valence-electron chi connectivity index (χ4n) is 1.30. The van der Waals surface area contributed by atoms with Crippen molar-refractivity contribution in [3.05, 3.63) is 24.3 Å². The van der Waals surface area contributed by atoms with Crippen molar-refractivity contribution in [2.45, 2.75) is 12.0 Å². The van der Waals surface area contributed by atoms with Crippen LogP contribution in [0.3, 0.4) is 0 Å². The summed E-state index contributed by atoms with van der Waals surface area (Å²) in [5, 5.41) is 9.94. The molecule has 1 saturated heterocycles. The van der Waals surface area contributed by atoms with Gasteiger partial charge >= 0.3 is 0 Å². The van der Waals surface area contributed by atoms with E-state index in [0.717, 1.165) is 0 Å². The van der Waals surface area contributed by atoms with Crippen LogP contribution in [0.2, 0.25) is 0 Å². The molecule has 1 aliphatic heterocycles. The molecule has 1 N–H and O–H groups in total. The van der Waals surface area contributed by atoms with Gasteiger partial charge in [0.1, 0.15) is 5.60 Å². The number of rotatable bonds is 1. The van der Waals surface area contributed by atoms with Gasteiger partial charge in [0.2, 0.25) is 0 Å². The van der Waals surface area contributed by atoms with Crippen LogP contribution >= 0.6 is 0 Å². The van der Waals surface area contributed by atoms with Gasteiger partial charge in [0.25, 0.3) is 0 Å². The zero-order valence-corrected chi connectivity index (χ0v) is 6.60. The lowest BCUT2D eigenvalue weighted by molar-refractivity contribution is 0.0191. The highest BCUT2D eigenvalue weighted by Gasteiger charge is 2.35.